The van der Waals surface area contributed by atoms with Gasteiger partial charge >= 0.3 is 12.1 Å². The van der Waals surface area contributed by atoms with Gasteiger partial charge in [-0.1, -0.05) is 0 Å². The van der Waals surface area contributed by atoms with Crippen LogP contribution in [-0.2, 0) is 16.0 Å². The van der Waals surface area contributed by atoms with Crippen molar-refractivity contribution < 1.29 is 19.4 Å². The molecule has 2 aromatic heterocycles. The maximum atomic E-state index is 11.3. The quantitative estimate of drug-likeness (QED) is 0.833. The molecular formula is C11H11NO4S. The molecule has 0 spiro atoms. The number of hydrogen-bond donors (Lipinski definition) is 1. The molecular weight excluding hydrogens is 242 g/mol. The Morgan fingerprint density at radius 1 is 1.53 bits per heavy atom. The highest BCUT2D eigenvalue weighted by Gasteiger charge is 2.20. The number of thiophene rings is 1. The molecule has 0 unspecified atom stereocenters. The molecule has 0 atom stereocenters. The second-order valence-corrected chi connectivity index (χ2v) is 4.47. The van der Waals surface area contributed by atoms with Crippen molar-refractivity contribution in [1.82, 2.24) is 4.57 Å². The maximum absolute atomic E-state index is 11.3. The van der Waals surface area contributed by atoms with E-state index in [0.717, 1.165) is 10.9 Å². The molecule has 0 fully saturated rings. The van der Waals surface area contributed by atoms with Gasteiger partial charge in [0, 0.05) is 11.1 Å². The summed E-state index contributed by atoms with van der Waals surface area (Å²) in [4.78, 5) is 23.1. The first kappa shape index (κ1) is 11.7. The van der Waals surface area contributed by atoms with Gasteiger partial charge in [0.15, 0.2) is 0 Å². The first-order valence-corrected chi connectivity index (χ1v) is 5.81. The minimum Gasteiger partial charge on any atom is -0.469 e. The van der Waals surface area contributed by atoms with Gasteiger partial charge in [-0.25, -0.2) is 9.36 Å². The van der Waals surface area contributed by atoms with Crippen molar-refractivity contribution in [2.45, 2.75) is 13.3 Å². The van der Waals surface area contributed by atoms with Gasteiger partial charge in [-0.15, -0.1) is 11.3 Å². The molecule has 2 heterocycles. The third-order valence-electron chi connectivity index (χ3n) is 2.69. The summed E-state index contributed by atoms with van der Waals surface area (Å²) in [6.07, 6.45) is -0.943. The van der Waals surface area contributed by atoms with Gasteiger partial charge in [0.2, 0.25) is 0 Å². The third-order valence-corrected chi connectivity index (χ3v) is 3.58. The Balaban J connectivity index is 2.62. The number of fused-ring (bicyclic) bond motifs is 1. The second-order valence-electron chi connectivity index (χ2n) is 3.57. The number of carbonyl (C=O) groups is 2. The van der Waals surface area contributed by atoms with Gasteiger partial charge in [0.25, 0.3) is 0 Å². The number of methoxy groups -OCH3 is 1. The van der Waals surface area contributed by atoms with Crippen molar-refractivity contribution in [3.8, 4) is 0 Å². The fourth-order valence-corrected chi connectivity index (χ4v) is 2.83. The van der Waals surface area contributed by atoms with Gasteiger partial charge in [0.05, 0.1) is 13.5 Å². The van der Waals surface area contributed by atoms with E-state index in [9.17, 15) is 9.59 Å². The highest BCUT2D eigenvalue weighted by atomic mass is 32.1. The second kappa shape index (κ2) is 4.21. The smallest absolute Gasteiger partial charge is 0.416 e. The van der Waals surface area contributed by atoms with Gasteiger partial charge < -0.3 is 9.84 Å². The average molecular weight is 253 g/mol. The lowest BCUT2D eigenvalue weighted by molar-refractivity contribution is -0.139. The SMILES string of the molecule is COC(=O)Cc1c(C)n(C(=O)O)c2sccc12. The molecule has 2 rings (SSSR count). The normalized spacial score (nSPS) is 10.7. The van der Waals surface area contributed by atoms with Crippen molar-refractivity contribution >= 4 is 33.6 Å². The van der Waals surface area contributed by atoms with Crippen molar-refractivity contribution in [2.75, 3.05) is 7.11 Å². The van der Waals surface area contributed by atoms with E-state index in [1.807, 2.05) is 11.4 Å². The molecule has 6 heteroatoms. The summed E-state index contributed by atoms with van der Waals surface area (Å²) < 4.78 is 5.82. The van der Waals surface area contributed by atoms with Gasteiger partial charge in [-0.2, -0.15) is 0 Å². The van der Waals surface area contributed by atoms with Crippen LogP contribution in [0.25, 0.3) is 10.2 Å². The van der Waals surface area contributed by atoms with Crippen LogP contribution >= 0.6 is 11.3 Å². The summed E-state index contributed by atoms with van der Waals surface area (Å²) in [6.45, 7) is 1.69. The Morgan fingerprint density at radius 2 is 2.24 bits per heavy atom. The van der Waals surface area contributed by atoms with E-state index in [0.29, 0.717) is 10.5 Å². The lowest BCUT2D eigenvalue weighted by Crippen LogP contribution is -2.11. The molecule has 0 radical (unpaired) electrons. The van der Waals surface area contributed by atoms with E-state index in [2.05, 4.69) is 4.74 Å². The van der Waals surface area contributed by atoms with Crippen LogP contribution in [0.2, 0.25) is 0 Å². The molecule has 0 aliphatic rings. The topological polar surface area (TPSA) is 68.5 Å². The number of nitrogens with zero attached hydrogens (tertiary/aromatic N) is 1. The van der Waals surface area contributed by atoms with E-state index in [-0.39, 0.29) is 12.4 Å². The van der Waals surface area contributed by atoms with Crippen LogP contribution in [0.1, 0.15) is 11.3 Å². The first-order valence-electron chi connectivity index (χ1n) is 4.93. The summed E-state index contributed by atoms with van der Waals surface area (Å²) >= 11 is 1.34. The molecule has 5 nitrogen and oxygen atoms in total. The summed E-state index contributed by atoms with van der Waals surface area (Å²) in [7, 11) is 1.32. The number of ether oxygens (including phenoxy) is 1. The van der Waals surface area contributed by atoms with Crippen LogP contribution in [-0.4, -0.2) is 28.8 Å². The highest BCUT2D eigenvalue weighted by molar-refractivity contribution is 7.17. The van der Waals surface area contributed by atoms with Crippen LogP contribution in [0.3, 0.4) is 0 Å². The monoisotopic (exact) mass is 253 g/mol. The Bertz CT molecular complexity index is 596. The zero-order valence-corrected chi connectivity index (χ0v) is 10.2. The zero-order valence-electron chi connectivity index (χ0n) is 9.39. The molecule has 0 saturated carbocycles. The summed E-state index contributed by atoms with van der Waals surface area (Å²) in [5, 5.41) is 11.8. The number of aromatic nitrogens is 1. The van der Waals surface area contributed by atoms with Gasteiger partial charge in [-0.3, -0.25) is 4.79 Å². The minimum absolute atomic E-state index is 0.0931. The number of esters is 1. The molecule has 1 N–H and O–H groups in total. The Labute approximate surface area is 101 Å². The van der Waals surface area contributed by atoms with E-state index >= 15 is 0 Å². The van der Waals surface area contributed by atoms with E-state index in [1.54, 1.807) is 6.92 Å². The first-order chi connectivity index (χ1) is 8.06. The number of carboxylic acid groups (broad SMARTS) is 1. The minimum atomic E-state index is -1.04. The van der Waals surface area contributed by atoms with Crippen molar-refractivity contribution in [3.63, 3.8) is 0 Å². The van der Waals surface area contributed by atoms with Crippen LogP contribution < -0.4 is 0 Å². The molecule has 0 amide bonds. The molecule has 2 aromatic rings. The molecule has 0 aliphatic heterocycles. The predicted octanol–water partition coefficient (Wildman–Crippen LogP) is 2.25. The third kappa shape index (κ3) is 1.80. The fraction of sp³-hybridized carbons (Fsp3) is 0.273. The number of hydrogen-bond acceptors (Lipinski definition) is 4. The molecule has 17 heavy (non-hydrogen) atoms. The van der Waals surface area contributed by atoms with Crippen LogP contribution in [0.4, 0.5) is 4.79 Å². The lowest BCUT2D eigenvalue weighted by atomic mass is 10.1. The molecule has 0 aromatic carbocycles. The van der Waals surface area contributed by atoms with Gasteiger partial charge in [-0.05, 0) is 23.9 Å². The van der Waals surface area contributed by atoms with E-state index in [1.165, 1.54) is 23.0 Å². The largest absolute Gasteiger partial charge is 0.469 e. The standard InChI is InChI=1S/C11H11NO4S/c1-6-8(5-9(13)16-2)7-3-4-17-10(7)12(6)11(14)15/h3-4H,5H2,1-2H3,(H,14,15). The lowest BCUT2D eigenvalue weighted by Gasteiger charge is -2.02. The average Bonchev–Trinajstić information content (AvgIpc) is 2.81. The summed E-state index contributed by atoms with van der Waals surface area (Å²) in [5.41, 5.74) is 1.29. The number of rotatable bonds is 2. The zero-order chi connectivity index (χ0) is 12.6. The Morgan fingerprint density at radius 3 is 2.82 bits per heavy atom. The molecule has 0 saturated heterocycles. The Hall–Kier alpha value is -1.82. The van der Waals surface area contributed by atoms with E-state index in [4.69, 9.17) is 5.11 Å². The van der Waals surface area contributed by atoms with Crippen molar-refractivity contribution in [1.29, 1.82) is 0 Å². The van der Waals surface area contributed by atoms with Crippen molar-refractivity contribution in [2.24, 2.45) is 0 Å². The summed E-state index contributed by atoms with van der Waals surface area (Å²) in [5.74, 6) is -0.372. The number of carbonyl (C=O) groups excluding carboxylic acids is 1. The van der Waals surface area contributed by atoms with Gasteiger partial charge in [0.1, 0.15) is 4.83 Å². The predicted molar refractivity (Wildman–Crippen MR) is 63.7 cm³/mol. The van der Waals surface area contributed by atoms with Crippen LogP contribution in [0.5, 0.6) is 0 Å². The maximum Gasteiger partial charge on any atom is 0.416 e. The fourth-order valence-electron chi connectivity index (χ4n) is 1.86. The molecule has 90 valence electrons. The molecule has 0 bridgehead atoms. The van der Waals surface area contributed by atoms with E-state index < -0.39 is 6.09 Å². The molecule has 0 aliphatic carbocycles. The Kier molecular flexibility index (Phi) is 2.89. The van der Waals surface area contributed by atoms with Crippen LogP contribution in [0.15, 0.2) is 11.4 Å². The van der Waals surface area contributed by atoms with Crippen molar-refractivity contribution in [3.05, 3.63) is 22.7 Å². The summed E-state index contributed by atoms with van der Waals surface area (Å²) in [6, 6.07) is 1.82. The highest BCUT2D eigenvalue weighted by Crippen LogP contribution is 2.30. The van der Waals surface area contributed by atoms with Crippen LogP contribution in [0, 0.1) is 6.92 Å².